The van der Waals surface area contributed by atoms with Gasteiger partial charge >= 0.3 is 6.09 Å². The van der Waals surface area contributed by atoms with Crippen LogP contribution < -0.4 is 16.0 Å². The van der Waals surface area contributed by atoms with Gasteiger partial charge in [0.05, 0.1) is 6.04 Å². The third kappa shape index (κ3) is 10.9. The first kappa shape index (κ1) is 28.3. The van der Waals surface area contributed by atoms with E-state index in [2.05, 4.69) is 16.0 Å². The molecule has 0 saturated heterocycles. The molecule has 0 heterocycles. The van der Waals surface area contributed by atoms with E-state index in [0.29, 0.717) is 12.3 Å². The zero-order valence-corrected chi connectivity index (χ0v) is 21.5. The van der Waals surface area contributed by atoms with Gasteiger partial charge in [-0.25, -0.2) is 4.79 Å². The standard InChI is InChI=1S/C27H41N3O5/c1-19(24(32)29-22(18-31)16-15-20-11-7-5-8-12-20)28-25(33)23(17-21-13-9-6-10-14-21)30-26(34)35-27(2,3)4/h6,9-10,13-14,18-20,22-23H,5,7-8,11-12,15-17H2,1-4H3,(H,28,33)(H,29,32)(H,30,34)/t19-,22-,23-/m0/s1. The number of aldehydes is 1. The molecule has 2 rings (SSSR count). The number of amides is 3. The van der Waals surface area contributed by atoms with Gasteiger partial charge in [0.25, 0.3) is 0 Å². The second kappa shape index (κ2) is 13.9. The summed E-state index contributed by atoms with van der Waals surface area (Å²) in [7, 11) is 0. The summed E-state index contributed by atoms with van der Waals surface area (Å²) in [5.74, 6) is -0.333. The van der Waals surface area contributed by atoms with Crippen LogP contribution in [0.5, 0.6) is 0 Å². The molecular formula is C27H41N3O5. The van der Waals surface area contributed by atoms with E-state index >= 15 is 0 Å². The molecule has 35 heavy (non-hydrogen) atoms. The van der Waals surface area contributed by atoms with Crippen molar-refractivity contribution in [2.45, 2.75) is 103 Å². The van der Waals surface area contributed by atoms with Crippen LogP contribution in [0.25, 0.3) is 0 Å². The summed E-state index contributed by atoms with van der Waals surface area (Å²) in [6, 6.07) is 6.88. The smallest absolute Gasteiger partial charge is 0.408 e. The molecule has 1 aromatic rings. The Kier molecular flexibility index (Phi) is 11.2. The molecule has 3 atom stereocenters. The second-order valence-corrected chi connectivity index (χ2v) is 10.5. The molecule has 1 aliphatic rings. The van der Waals surface area contributed by atoms with Crippen LogP contribution in [0.3, 0.4) is 0 Å². The fraction of sp³-hybridized carbons (Fsp3) is 0.630. The Labute approximate surface area is 208 Å². The Morgan fingerprint density at radius 3 is 2.26 bits per heavy atom. The molecule has 0 radical (unpaired) electrons. The average Bonchev–Trinajstić information content (AvgIpc) is 2.81. The largest absolute Gasteiger partial charge is 0.444 e. The van der Waals surface area contributed by atoms with Crippen LogP contribution in [0.4, 0.5) is 4.79 Å². The van der Waals surface area contributed by atoms with E-state index in [1.807, 2.05) is 30.3 Å². The number of nitrogens with one attached hydrogen (secondary N) is 3. The summed E-state index contributed by atoms with van der Waals surface area (Å²) < 4.78 is 5.30. The Morgan fingerprint density at radius 1 is 1.00 bits per heavy atom. The maximum atomic E-state index is 13.0. The highest BCUT2D eigenvalue weighted by Gasteiger charge is 2.28. The Morgan fingerprint density at radius 2 is 1.66 bits per heavy atom. The second-order valence-electron chi connectivity index (χ2n) is 10.5. The lowest BCUT2D eigenvalue weighted by Gasteiger charge is -2.25. The van der Waals surface area contributed by atoms with Crippen LogP contribution in [-0.4, -0.2) is 47.9 Å². The highest BCUT2D eigenvalue weighted by molar-refractivity contribution is 5.92. The summed E-state index contributed by atoms with van der Waals surface area (Å²) in [5, 5.41) is 8.02. The summed E-state index contributed by atoms with van der Waals surface area (Å²) in [4.78, 5) is 49.6. The van der Waals surface area contributed by atoms with Gasteiger partial charge in [-0.15, -0.1) is 0 Å². The molecule has 0 aliphatic heterocycles. The molecule has 194 valence electrons. The molecular weight excluding hydrogens is 446 g/mol. The van der Waals surface area contributed by atoms with E-state index < -0.39 is 41.6 Å². The van der Waals surface area contributed by atoms with Gasteiger partial charge in [-0.05, 0) is 52.0 Å². The molecule has 3 amide bonds. The van der Waals surface area contributed by atoms with Crippen molar-refractivity contribution >= 4 is 24.2 Å². The summed E-state index contributed by atoms with van der Waals surface area (Å²) in [5.41, 5.74) is 0.136. The average molecular weight is 488 g/mol. The first-order chi connectivity index (χ1) is 16.6. The number of carbonyl (C=O) groups is 4. The molecule has 1 saturated carbocycles. The van der Waals surface area contributed by atoms with E-state index in [0.717, 1.165) is 18.3 Å². The molecule has 1 fully saturated rings. The fourth-order valence-electron chi connectivity index (χ4n) is 4.26. The minimum absolute atomic E-state index is 0.235. The SMILES string of the molecule is C[C@H](NC(=O)[C@H](Cc1ccccc1)NC(=O)OC(C)(C)C)C(=O)N[C@H](C=O)CCC1CCCCC1. The lowest BCUT2D eigenvalue weighted by molar-refractivity contribution is -0.130. The van der Waals surface area contributed by atoms with Crippen LogP contribution in [0.1, 0.15) is 78.2 Å². The first-order valence-electron chi connectivity index (χ1n) is 12.7. The van der Waals surface area contributed by atoms with Gasteiger partial charge in [-0.1, -0.05) is 62.4 Å². The zero-order chi connectivity index (χ0) is 25.8. The van der Waals surface area contributed by atoms with Gasteiger partial charge in [-0.3, -0.25) is 9.59 Å². The van der Waals surface area contributed by atoms with Crippen LogP contribution in [0.15, 0.2) is 30.3 Å². The maximum absolute atomic E-state index is 13.0. The van der Waals surface area contributed by atoms with E-state index in [1.165, 1.54) is 32.1 Å². The van der Waals surface area contributed by atoms with E-state index in [9.17, 15) is 19.2 Å². The highest BCUT2D eigenvalue weighted by atomic mass is 16.6. The minimum Gasteiger partial charge on any atom is -0.444 e. The number of alkyl carbamates (subject to hydrolysis) is 1. The van der Waals surface area contributed by atoms with Gasteiger partial charge in [0.2, 0.25) is 11.8 Å². The van der Waals surface area contributed by atoms with Crippen LogP contribution >= 0.6 is 0 Å². The van der Waals surface area contributed by atoms with Crippen molar-refractivity contribution < 1.29 is 23.9 Å². The molecule has 3 N–H and O–H groups in total. The molecule has 0 bridgehead atoms. The Hall–Kier alpha value is -2.90. The van der Waals surface area contributed by atoms with Gasteiger partial charge < -0.3 is 25.5 Å². The molecule has 1 aromatic carbocycles. The Balaban J connectivity index is 1.94. The number of ether oxygens (including phenoxy) is 1. The quantitative estimate of drug-likeness (QED) is 0.412. The highest BCUT2D eigenvalue weighted by Crippen LogP contribution is 2.27. The van der Waals surface area contributed by atoms with Crippen LogP contribution in [0, 0.1) is 5.92 Å². The summed E-state index contributed by atoms with van der Waals surface area (Å²) in [6.45, 7) is 6.78. The van der Waals surface area contributed by atoms with Crippen molar-refractivity contribution in [1.82, 2.24) is 16.0 Å². The Bertz CT molecular complexity index is 831. The number of carbonyl (C=O) groups excluding carboxylic acids is 4. The molecule has 8 heteroatoms. The van der Waals surface area contributed by atoms with E-state index in [1.54, 1.807) is 27.7 Å². The number of hydrogen-bond donors (Lipinski definition) is 3. The van der Waals surface area contributed by atoms with E-state index in [-0.39, 0.29) is 6.42 Å². The number of rotatable bonds is 11. The van der Waals surface area contributed by atoms with Gasteiger partial charge in [0.15, 0.2) is 0 Å². The van der Waals surface area contributed by atoms with E-state index in [4.69, 9.17) is 4.74 Å². The fourth-order valence-corrected chi connectivity index (χ4v) is 4.26. The molecule has 8 nitrogen and oxygen atoms in total. The van der Waals surface area contributed by atoms with Crippen molar-refractivity contribution in [3.8, 4) is 0 Å². The van der Waals surface area contributed by atoms with Crippen molar-refractivity contribution in [3.05, 3.63) is 35.9 Å². The first-order valence-corrected chi connectivity index (χ1v) is 12.7. The molecule has 0 unspecified atom stereocenters. The monoisotopic (exact) mass is 487 g/mol. The summed E-state index contributed by atoms with van der Waals surface area (Å²) in [6.07, 6.45) is 7.88. The van der Waals surface area contributed by atoms with Gasteiger partial charge in [0.1, 0.15) is 24.0 Å². The zero-order valence-electron chi connectivity index (χ0n) is 21.5. The minimum atomic E-state index is -0.935. The van der Waals surface area contributed by atoms with Gasteiger partial charge in [0, 0.05) is 6.42 Å². The third-order valence-electron chi connectivity index (χ3n) is 6.14. The normalized spacial score (nSPS) is 16.9. The summed E-state index contributed by atoms with van der Waals surface area (Å²) >= 11 is 0. The lowest BCUT2D eigenvalue weighted by Crippen LogP contribution is -2.55. The van der Waals surface area contributed by atoms with Crippen molar-refractivity contribution in [3.63, 3.8) is 0 Å². The lowest BCUT2D eigenvalue weighted by atomic mass is 9.85. The van der Waals surface area contributed by atoms with Gasteiger partial charge in [-0.2, -0.15) is 0 Å². The van der Waals surface area contributed by atoms with Crippen molar-refractivity contribution in [2.75, 3.05) is 0 Å². The van der Waals surface area contributed by atoms with Crippen molar-refractivity contribution in [2.24, 2.45) is 5.92 Å². The third-order valence-corrected chi connectivity index (χ3v) is 6.14. The molecule has 0 aromatic heterocycles. The topological polar surface area (TPSA) is 114 Å². The predicted molar refractivity (Wildman–Crippen MR) is 135 cm³/mol. The number of benzene rings is 1. The molecule has 1 aliphatic carbocycles. The predicted octanol–water partition coefficient (Wildman–Crippen LogP) is 3.67. The van der Waals surface area contributed by atoms with Crippen molar-refractivity contribution in [1.29, 1.82) is 0 Å². The number of hydrogen-bond acceptors (Lipinski definition) is 5. The maximum Gasteiger partial charge on any atom is 0.408 e. The van der Waals surface area contributed by atoms with Crippen LogP contribution in [-0.2, 0) is 25.5 Å². The van der Waals surface area contributed by atoms with Crippen LogP contribution in [0.2, 0.25) is 0 Å². The molecule has 0 spiro atoms.